The molecule has 2 fully saturated rings. The lowest BCUT2D eigenvalue weighted by Crippen LogP contribution is -2.42. The molecule has 0 aliphatic carbocycles. The number of rotatable bonds is 5. The summed E-state index contributed by atoms with van der Waals surface area (Å²) >= 11 is 1.42. The van der Waals surface area contributed by atoms with E-state index in [1.807, 2.05) is 17.5 Å². The van der Waals surface area contributed by atoms with Crippen LogP contribution in [0.2, 0.25) is 0 Å². The molecule has 2 aromatic rings. The number of benzene rings is 1. The van der Waals surface area contributed by atoms with Gasteiger partial charge in [-0.15, -0.1) is 11.3 Å². The van der Waals surface area contributed by atoms with Gasteiger partial charge in [0, 0.05) is 36.6 Å². The van der Waals surface area contributed by atoms with Crippen LogP contribution in [0, 0.1) is 5.82 Å². The molecule has 1 aromatic heterocycles. The smallest absolute Gasteiger partial charge is 0.295 e. The van der Waals surface area contributed by atoms with Gasteiger partial charge in [-0.1, -0.05) is 6.07 Å². The van der Waals surface area contributed by atoms with Gasteiger partial charge in [0.05, 0.1) is 24.8 Å². The quantitative estimate of drug-likeness (QED) is 0.461. The minimum absolute atomic E-state index is 0.0473. The Balaban J connectivity index is 1.68. The Labute approximate surface area is 171 Å². The highest BCUT2D eigenvalue weighted by Crippen LogP contribution is 2.40. The van der Waals surface area contributed by atoms with Crippen LogP contribution in [-0.2, 0) is 14.3 Å². The molecule has 29 heavy (non-hydrogen) atoms. The number of morpholine rings is 1. The third kappa shape index (κ3) is 3.96. The van der Waals surface area contributed by atoms with Crippen molar-refractivity contribution in [2.45, 2.75) is 6.04 Å². The number of carbonyl (C=O) groups is 2. The molecule has 1 N–H and O–H groups in total. The first kappa shape index (κ1) is 19.8. The fourth-order valence-corrected chi connectivity index (χ4v) is 4.54. The van der Waals surface area contributed by atoms with Crippen LogP contribution in [0.15, 0.2) is 47.4 Å². The second kappa shape index (κ2) is 8.44. The number of nitrogens with zero attached hydrogens (tertiary/aromatic N) is 2. The van der Waals surface area contributed by atoms with Gasteiger partial charge in [0.1, 0.15) is 11.6 Å². The van der Waals surface area contributed by atoms with Crippen molar-refractivity contribution >= 4 is 28.8 Å². The summed E-state index contributed by atoms with van der Waals surface area (Å²) in [4.78, 5) is 30.2. The molecule has 2 aliphatic rings. The van der Waals surface area contributed by atoms with Gasteiger partial charge in [-0.05, 0) is 35.7 Å². The van der Waals surface area contributed by atoms with Crippen LogP contribution in [0.1, 0.15) is 16.5 Å². The summed E-state index contributed by atoms with van der Waals surface area (Å²) in [5, 5.41) is 12.7. The van der Waals surface area contributed by atoms with Crippen LogP contribution < -0.4 is 0 Å². The van der Waals surface area contributed by atoms with Crippen molar-refractivity contribution in [2.24, 2.45) is 0 Å². The van der Waals surface area contributed by atoms with Crippen LogP contribution in [0.25, 0.3) is 5.76 Å². The lowest BCUT2D eigenvalue weighted by Gasteiger charge is -2.30. The summed E-state index contributed by atoms with van der Waals surface area (Å²) in [6.07, 6.45) is 0. The number of aliphatic hydroxyl groups is 1. The maximum absolute atomic E-state index is 13.3. The number of thiophene rings is 1. The van der Waals surface area contributed by atoms with Crippen LogP contribution in [-0.4, -0.2) is 66.0 Å². The normalized spacial score (nSPS) is 22.4. The lowest BCUT2D eigenvalue weighted by atomic mass is 10.00. The van der Waals surface area contributed by atoms with E-state index in [-0.39, 0.29) is 11.3 Å². The van der Waals surface area contributed by atoms with Crippen molar-refractivity contribution in [3.63, 3.8) is 0 Å². The van der Waals surface area contributed by atoms with Crippen molar-refractivity contribution in [3.05, 3.63) is 63.6 Å². The standard InChI is InChI=1S/C21H21FN2O4S/c22-15-5-3-14(4-6-15)19(25)17-18(16-2-1-13-29-16)24(21(27)20(17)26)8-7-23-9-11-28-12-10-23/h1-6,13,18,25H,7-12H2/b19-17+. The minimum atomic E-state index is -0.716. The largest absolute Gasteiger partial charge is 0.507 e. The summed E-state index contributed by atoms with van der Waals surface area (Å²) in [7, 11) is 0. The Hall–Kier alpha value is -2.55. The van der Waals surface area contributed by atoms with Gasteiger partial charge in [-0.25, -0.2) is 4.39 Å². The number of hydrogen-bond donors (Lipinski definition) is 1. The summed E-state index contributed by atoms with van der Waals surface area (Å²) in [5.41, 5.74) is 0.352. The first-order chi connectivity index (χ1) is 14.1. The Bertz CT molecular complexity index is 921. The highest BCUT2D eigenvalue weighted by atomic mass is 32.1. The molecule has 0 bridgehead atoms. The SMILES string of the molecule is O=C1C(=O)N(CCN2CCOCC2)C(c2cccs2)/C1=C(\O)c1ccc(F)cc1. The fourth-order valence-electron chi connectivity index (χ4n) is 3.69. The highest BCUT2D eigenvalue weighted by Gasteiger charge is 2.46. The molecule has 3 heterocycles. The molecule has 4 rings (SSSR count). The van der Waals surface area contributed by atoms with E-state index < -0.39 is 23.5 Å². The molecule has 1 atom stereocenters. The summed E-state index contributed by atoms with van der Waals surface area (Å²) in [6, 6.07) is 8.27. The van der Waals surface area contributed by atoms with E-state index in [2.05, 4.69) is 4.90 Å². The Morgan fingerprint density at radius 3 is 2.52 bits per heavy atom. The highest BCUT2D eigenvalue weighted by molar-refractivity contribution is 7.10. The molecule has 0 spiro atoms. The van der Waals surface area contributed by atoms with Gasteiger partial charge in [-0.3, -0.25) is 14.5 Å². The lowest BCUT2D eigenvalue weighted by molar-refractivity contribution is -0.140. The van der Waals surface area contributed by atoms with Gasteiger partial charge in [0.25, 0.3) is 11.7 Å². The summed E-state index contributed by atoms with van der Waals surface area (Å²) < 4.78 is 18.6. The zero-order valence-corrected chi connectivity index (χ0v) is 16.5. The van der Waals surface area contributed by atoms with E-state index in [0.717, 1.165) is 18.0 Å². The Morgan fingerprint density at radius 1 is 1.14 bits per heavy atom. The van der Waals surface area contributed by atoms with Crippen molar-refractivity contribution < 1.29 is 23.8 Å². The number of Topliss-reactive ketones (excluding diaryl/α,β-unsaturated/α-hetero) is 1. The van der Waals surface area contributed by atoms with Crippen molar-refractivity contribution in [1.82, 2.24) is 9.80 Å². The van der Waals surface area contributed by atoms with E-state index in [9.17, 15) is 19.1 Å². The van der Waals surface area contributed by atoms with Gasteiger partial charge >= 0.3 is 0 Å². The Kier molecular flexibility index (Phi) is 5.75. The number of hydrogen-bond acceptors (Lipinski definition) is 6. The number of ether oxygens (including phenoxy) is 1. The third-order valence-electron chi connectivity index (χ3n) is 5.23. The molecule has 1 aromatic carbocycles. The van der Waals surface area contributed by atoms with Gasteiger partial charge in [0.2, 0.25) is 0 Å². The first-order valence-electron chi connectivity index (χ1n) is 9.44. The van der Waals surface area contributed by atoms with E-state index in [0.29, 0.717) is 31.9 Å². The van der Waals surface area contributed by atoms with Crippen LogP contribution in [0.5, 0.6) is 0 Å². The van der Waals surface area contributed by atoms with Crippen LogP contribution >= 0.6 is 11.3 Å². The predicted molar refractivity (Wildman–Crippen MR) is 107 cm³/mol. The second-order valence-electron chi connectivity index (χ2n) is 6.97. The maximum Gasteiger partial charge on any atom is 0.295 e. The third-order valence-corrected chi connectivity index (χ3v) is 6.16. The van der Waals surface area contributed by atoms with E-state index in [1.165, 1.54) is 40.5 Å². The molecule has 6 nitrogen and oxygen atoms in total. The number of amides is 1. The molecule has 8 heteroatoms. The van der Waals surface area contributed by atoms with Crippen molar-refractivity contribution in [2.75, 3.05) is 39.4 Å². The number of halogens is 1. The molecule has 2 saturated heterocycles. The van der Waals surface area contributed by atoms with E-state index in [4.69, 9.17) is 4.74 Å². The van der Waals surface area contributed by atoms with Crippen molar-refractivity contribution in [1.29, 1.82) is 0 Å². The molecule has 1 amide bonds. The first-order valence-corrected chi connectivity index (χ1v) is 10.3. The summed E-state index contributed by atoms with van der Waals surface area (Å²) in [6.45, 7) is 3.85. The topological polar surface area (TPSA) is 70.1 Å². The van der Waals surface area contributed by atoms with E-state index in [1.54, 1.807) is 0 Å². The molecule has 0 saturated carbocycles. The number of likely N-dealkylation sites (tertiary alicyclic amines) is 1. The van der Waals surface area contributed by atoms with Gasteiger partial charge in [0.15, 0.2) is 0 Å². The number of aliphatic hydroxyl groups excluding tert-OH is 1. The Morgan fingerprint density at radius 2 is 1.86 bits per heavy atom. The average Bonchev–Trinajstić information content (AvgIpc) is 3.35. The molecular weight excluding hydrogens is 395 g/mol. The minimum Gasteiger partial charge on any atom is -0.507 e. The second-order valence-corrected chi connectivity index (χ2v) is 7.95. The maximum atomic E-state index is 13.3. The molecule has 152 valence electrons. The van der Waals surface area contributed by atoms with Crippen LogP contribution in [0.4, 0.5) is 4.39 Å². The zero-order chi connectivity index (χ0) is 20.4. The fraction of sp³-hybridized carbons (Fsp3) is 0.333. The average molecular weight is 416 g/mol. The summed E-state index contributed by atoms with van der Waals surface area (Å²) in [5.74, 6) is -2.06. The van der Waals surface area contributed by atoms with Gasteiger partial charge < -0.3 is 14.7 Å². The number of carbonyl (C=O) groups excluding carboxylic acids is 2. The number of ketones is 1. The molecule has 0 radical (unpaired) electrons. The van der Waals surface area contributed by atoms with Gasteiger partial charge in [-0.2, -0.15) is 0 Å². The predicted octanol–water partition coefficient (Wildman–Crippen LogP) is 2.64. The molecule has 2 aliphatic heterocycles. The van der Waals surface area contributed by atoms with Crippen molar-refractivity contribution in [3.8, 4) is 0 Å². The zero-order valence-electron chi connectivity index (χ0n) is 15.7. The van der Waals surface area contributed by atoms with Crippen LogP contribution in [0.3, 0.4) is 0 Å². The monoisotopic (exact) mass is 416 g/mol. The molecular formula is C21H21FN2O4S. The molecule has 1 unspecified atom stereocenters. The van der Waals surface area contributed by atoms with E-state index >= 15 is 0 Å².